The lowest BCUT2D eigenvalue weighted by Crippen LogP contribution is -2.44. The van der Waals surface area contributed by atoms with Crippen molar-refractivity contribution < 1.29 is 14.5 Å². The van der Waals surface area contributed by atoms with Gasteiger partial charge in [0, 0.05) is 12.1 Å². The third-order valence-corrected chi connectivity index (χ3v) is 2.95. The predicted molar refractivity (Wildman–Crippen MR) is 75.4 cm³/mol. The van der Waals surface area contributed by atoms with Crippen LogP contribution < -0.4 is 9.67 Å². The Bertz CT molecular complexity index is 503. The normalized spacial score (nSPS) is 14.0. The lowest BCUT2D eigenvalue weighted by atomic mass is 10.2. The van der Waals surface area contributed by atoms with Crippen LogP contribution in [0.3, 0.4) is 0 Å². The van der Waals surface area contributed by atoms with Crippen molar-refractivity contribution >= 4 is 81.1 Å². The highest BCUT2D eigenvalue weighted by Gasteiger charge is 2.41. The van der Waals surface area contributed by atoms with Crippen molar-refractivity contribution in [2.24, 2.45) is 0 Å². The molecule has 0 aromatic carbocycles. The van der Waals surface area contributed by atoms with E-state index in [-0.39, 0.29) is 0 Å². The van der Waals surface area contributed by atoms with E-state index in [0.29, 0.717) is 0 Å². The summed E-state index contributed by atoms with van der Waals surface area (Å²) in [5.41, 5.74) is -0.555. The van der Waals surface area contributed by atoms with E-state index >= 15 is 0 Å². The molecule has 0 amide bonds. The fraction of sp³-hybridized carbons (Fsp3) is 0.200. The van der Waals surface area contributed by atoms with Gasteiger partial charge < -0.3 is 5.11 Å². The van der Waals surface area contributed by atoms with Gasteiger partial charge in [0.1, 0.15) is 0 Å². The van der Waals surface area contributed by atoms with Crippen molar-refractivity contribution in [3.63, 3.8) is 0 Å². The van der Waals surface area contributed by atoms with Gasteiger partial charge in [-0.1, -0.05) is 75.7 Å². The molecule has 0 saturated carbocycles. The van der Waals surface area contributed by atoms with Crippen LogP contribution in [0.2, 0.25) is 0 Å². The fourth-order valence-electron chi connectivity index (χ4n) is 1.15. The largest absolute Gasteiger partial charge is 0.868 e. The summed E-state index contributed by atoms with van der Waals surface area (Å²) >= 11 is 32.9. The molecule has 0 saturated heterocycles. The van der Waals surface area contributed by atoms with Crippen LogP contribution >= 0.6 is 69.6 Å². The van der Waals surface area contributed by atoms with Crippen molar-refractivity contribution in [2.75, 3.05) is 0 Å². The highest BCUT2D eigenvalue weighted by Crippen LogP contribution is 2.37. The Morgan fingerprint density at radius 1 is 0.895 bits per heavy atom. The van der Waals surface area contributed by atoms with Crippen LogP contribution in [0.25, 0.3) is 5.70 Å². The summed E-state index contributed by atoms with van der Waals surface area (Å²) in [6.45, 7) is 0. The zero-order valence-corrected chi connectivity index (χ0v) is 13.5. The van der Waals surface area contributed by atoms with E-state index in [1.165, 1.54) is 12.4 Å². The molecule has 0 unspecified atom stereocenters. The summed E-state index contributed by atoms with van der Waals surface area (Å²) in [5, 5.41) is 12.0. The quantitative estimate of drug-likeness (QED) is 0.341. The topological polar surface area (TPSA) is 44.0 Å². The molecule has 19 heavy (non-hydrogen) atoms. The van der Waals surface area contributed by atoms with Crippen LogP contribution in [-0.4, -0.2) is 13.4 Å². The summed E-state index contributed by atoms with van der Waals surface area (Å²) < 4.78 is -3.57. The lowest BCUT2D eigenvalue weighted by molar-refractivity contribution is -0.582. The molecule has 0 bridgehead atoms. The molecule has 0 radical (unpaired) electrons. The summed E-state index contributed by atoms with van der Waals surface area (Å²) in [6, 6.07) is 4.77. The van der Waals surface area contributed by atoms with Gasteiger partial charge in [0.05, 0.1) is 0 Å². The maximum atomic E-state index is 12.0. The van der Waals surface area contributed by atoms with Gasteiger partial charge in [-0.05, 0) is 5.76 Å². The minimum absolute atomic E-state index is 0.555. The first-order valence-electron chi connectivity index (χ1n) is 4.62. The second-order valence-corrected chi connectivity index (χ2v) is 7.85. The van der Waals surface area contributed by atoms with E-state index in [1.807, 2.05) is 0 Å². The molecule has 1 heterocycles. The lowest BCUT2D eigenvalue weighted by Gasteiger charge is -2.22. The number of allylic oxidation sites excluding steroid dienone is 2. The number of rotatable bonds is 2. The summed E-state index contributed by atoms with van der Waals surface area (Å²) in [5.74, 6) is -2.19. The molecule has 0 atom stereocenters. The molecule has 1 aromatic heterocycles. The van der Waals surface area contributed by atoms with Crippen LogP contribution in [0.15, 0.2) is 36.4 Å². The van der Waals surface area contributed by atoms with E-state index in [9.17, 15) is 9.90 Å². The number of halogens is 6. The molecule has 9 heteroatoms. The van der Waals surface area contributed by atoms with Crippen molar-refractivity contribution in [1.82, 2.24) is 0 Å². The maximum absolute atomic E-state index is 12.0. The van der Waals surface area contributed by atoms with Crippen LogP contribution in [0, 0.1) is 0 Å². The molecular weight excluding hydrogens is 379 g/mol. The standard InChI is InChI=1S/C10H5Cl6NO2/c11-9(12,13)7(18)6(8(19)10(14,15)16)17-4-2-1-3-5-17/h1-5H. The first-order valence-corrected chi connectivity index (χ1v) is 6.88. The number of ketones is 1. The Morgan fingerprint density at radius 3 is 1.74 bits per heavy atom. The molecule has 0 aliphatic carbocycles. The van der Waals surface area contributed by atoms with E-state index in [2.05, 4.69) is 0 Å². The predicted octanol–water partition coefficient (Wildman–Crippen LogP) is 2.81. The van der Waals surface area contributed by atoms with E-state index < -0.39 is 24.8 Å². The molecule has 0 N–H and O–H groups in total. The van der Waals surface area contributed by atoms with Crippen LogP contribution in [0.4, 0.5) is 0 Å². The van der Waals surface area contributed by atoms with Crippen LogP contribution in [-0.2, 0) is 4.79 Å². The molecule has 0 aliphatic rings. The zero-order chi connectivity index (χ0) is 14.8. The number of alkyl halides is 6. The number of hydrogen-bond donors (Lipinski definition) is 0. The molecule has 0 spiro atoms. The van der Waals surface area contributed by atoms with Gasteiger partial charge in [-0.25, -0.2) is 0 Å². The Balaban J connectivity index is 3.50. The molecular formula is C10H5Cl6NO2. The zero-order valence-electron chi connectivity index (χ0n) is 8.92. The Morgan fingerprint density at radius 2 is 1.37 bits per heavy atom. The maximum Gasteiger partial charge on any atom is 0.277 e. The Hall–Kier alpha value is 0.1000. The van der Waals surface area contributed by atoms with E-state index in [0.717, 1.165) is 4.57 Å². The fourth-order valence-corrected chi connectivity index (χ4v) is 1.69. The number of carbonyl (C=O) groups excluding carboxylic acids is 1. The average molecular weight is 384 g/mol. The van der Waals surface area contributed by atoms with Gasteiger partial charge in [-0.3, -0.25) is 4.79 Å². The smallest absolute Gasteiger partial charge is 0.277 e. The third kappa shape index (κ3) is 4.55. The number of aromatic nitrogens is 1. The van der Waals surface area contributed by atoms with Gasteiger partial charge in [-0.15, -0.1) is 0 Å². The Labute approximate surface area is 139 Å². The highest BCUT2D eigenvalue weighted by molar-refractivity contribution is 6.79. The van der Waals surface area contributed by atoms with Gasteiger partial charge in [0.25, 0.3) is 15.3 Å². The molecule has 0 fully saturated rings. The van der Waals surface area contributed by atoms with Crippen molar-refractivity contribution in [1.29, 1.82) is 0 Å². The molecule has 3 nitrogen and oxygen atoms in total. The van der Waals surface area contributed by atoms with E-state index in [4.69, 9.17) is 69.6 Å². The number of hydrogen-bond acceptors (Lipinski definition) is 2. The first-order chi connectivity index (χ1) is 8.55. The SMILES string of the molecule is O=C(/C(=C(\[O-])C(Cl)(Cl)Cl)[n+]1ccccc1)C(Cl)(Cl)Cl. The van der Waals surface area contributed by atoms with Crippen molar-refractivity contribution in [3.05, 3.63) is 36.4 Å². The van der Waals surface area contributed by atoms with Crippen molar-refractivity contribution in [2.45, 2.75) is 7.59 Å². The number of pyridine rings is 1. The molecule has 1 rings (SSSR count). The minimum atomic E-state index is -2.34. The van der Waals surface area contributed by atoms with Crippen LogP contribution in [0.5, 0.6) is 0 Å². The molecule has 104 valence electrons. The third-order valence-electron chi connectivity index (χ3n) is 1.92. The van der Waals surface area contributed by atoms with Gasteiger partial charge in [0.2, 0.25) is 3.79 Å². The van der Waals surface area contributed by atoms with Gasteiger partial charge >= 0.3 is 0 Å². The second-order valence-electron chi connectivity index (χ2n) is 3.29. The monoisotopic (exact) mass is 381 g/mol. The Kier molecular flexibility index (Phi) is 5.64. The summed E-state index contributed by atoms with van der Waals surface area (Å²) in [7, 11) is 0. The molecule has 0 aliphatic heterocycles. The summed E-state index contributed by atoms with van der Waals surface area (Å²) in [4.78, 5) is 12.0. The number of carbonyl (C=O) groups is 1. The minimum Gasteiger partial charge on any atom is -0.868 e. The first kappa shape index (κ1) is 17.2. The average Bonchev–Trinajstić information content (AvgIpc) is 2.28. The van der Waals surface area contributed by atoms with E-state index in [1.54, 1.807) is 18.2 Å². The highest BCUT2D eigenvalue weighted by atomic mass is 35.6. The van der Waals surface area contributed by atoms with Crippen molar-refractivity contribution in [3.8, 4) is 0 Å². The number of Topliss-reactive ketones (excluding diaryl/α,β-unsaturated/α-hetero) is 1. The van der Waals surface area contributed by atoms with Gasteiger partial charge in [-0.2, -0.15) is 4.57 Å². The number of nitrogens with zero attached hydrogens (tertiary/aromatic N) is 1. The molecule has 1 aromatic rings. The summed E-state index contributed by atoms with van der Waals surface area (Å²) in [6.07, 6.45) is 2.77. The van der Waals surface area contributed by atoms with Crippen LogP contribution in [0.1, 0.15) is 0 Å². The van der Waals surface area contributed by atoms with Gasteiger partial charge in [0.15, 0.2) is 12.4 Å². The second kappa shape index (κ2) is 6.25.